The van der Waals surface area contributed by atoms with E-state index in [0.717, 1.165) is 32.7 Å². The lowest BCUT2D eigenvalue weighted by Crippen LogP contribution is -2.52. The van der Waals surface area contributed by atoms with E-state index < -0.39 is 0 Å². The summed E-state index contributed by atoms with van der Waals surface area (Å²) in [5, 5.41) is 8.32. The molecule has 2 aliphatic rings. The zero-order valence-electron chi connectivity index (χ0n) is 11.5. The van der Waals surface area contributed by atoms with E-state index in [1.807, 2.05) is 0 Å². The maximum Gasteiger partial charge on any atom is 0.0627 e. The number of benzene rings is 1. The topological polar surface area (TPSA) is 18.5 Å². The molecule has 3 nitrogen and oxygen atoms in total. The molecule has 0 unspecified atom stereocenters. The monoisotopic (exact) mass is 255 g/mol. The molecule has 1 saturated heterocycles. The van der Waals surface area contributed by atoms with Crippen molar-refractivity contribution in [3.63, 3.8) is 0 Å². The lowest BCUT2D eigenvalue weighted by atomic mass is 10.0. The predicted octanol–water partition coefficient (Wildman–Crippen LogP) is 2.11. The fourth-order valence-electron chi connectivity index (χ4n) is 2.83. The first-order valence-corrected chi connectivity index (χ1v) is 7.02. The van der Waals surface area contributed by atoms with Crippen molar-refractivity contribution in [1.29, 1.82) is 0 Å². The molecule has 0 aliphatic carbocycles. The Kier molecular flexibility index (Phi) is 3.67. The molecule has 0 saturated carbocycles. The van der Waals surface area contributed by atoms with Crippen molar-refractivity contribution in [3.05, 3.63) is 53.6 Å². The fraction of sp³-hybridized carbons (Fsp3) is 0.375. The first-order valence-electron chi connectivity index (χ1n) is 7.02. The van der Waals surface area contributed by atoms with E-state index >= 15 is 0 Å². The van der Waals surface area contributed by atoms with Gasteiger partial charge in [0.15, 0.2) is 0 Å². The second-order valence-electron chi connectivity index (χ2n) is 5.09. The van der Waals surface area contributed by atoms with Crippen molar-refractivity contribution < 1.29 is 0 Å². The van der Waals surface area contributed by atoms with Crippen molar-refractivity contribution in [2.24, 2.45) is 0 Å². The number of nitrogens with zero attached hydrogens (tertiary/aromatic N) is 2. The molecule has 1 aromatic carbocycles. The van der Waals surface area contributed by atoms with Crippen molar-refractivity contribution in [1.82, 2.24) is 15.3 Å². The van der Waals surface area contributed by atoms with Gasteiger partial charge in [0, 0.05) is 26.2 Å². The van der Waals surface area contributed by atoms with Gasteiger partial charge in [-0.3, -0.25) is 0 Å². The minimum atomic E-state index is 0.974. The lowest BCUT2D eigenvalue weighted by Gasteiger charge is -2.42. The van der Waals surface area contributed by atoms with Crippen LogP contribution in [0.2, 0.25) is 0 Å². The first kappa shape index (κ1) is 12.5. The molecule has 1 fully saturated rings. The SMILES string of the molecule is CC1=C(c2ccccc2)N(N2CCNCC2)CC=C1. The average molecular weight is 255 g/mol. The summed E-state index contributed by atoms with van der Waals surface area (Å²) >= 11 is 0. The minimum absolute atomic E-state index is 0.974. The van der Waals surface area contributed by atoms with Crippen LogP contribution in [-0.2, 0) is 0 Å². The van der Waals surface area contributed by atoms with Gasteiger partial charge in [0.2, 0.25) is 0 Å². The number of rotatable bonds is 2. The van der Waals surface area contributed by atoms with Gasteiger partial charge >= 0.3 is 0 Å². The third kappa shape index (κ3) is 2.57. The molecule has 0 spiro atoms. The Hall–Kier alpha value is -1.58. The number of hydrogen-bond donors (Lipinski definition) is 1. The number of nitrogens with one attached hydrogen (secondary N) is 1. The molecule has 0 radical (unpaired) electrons. The van der Waals surface area contributed by atoms with Gasteiger partial charge in [-0.15, -0.1) is 0 Å². The maximum absolute atomic E-state index is 3.42. The predicted molar refractivity (Wildman–Crippen MR) is 79.3 cm³/mol. The first-order chi connectivity index (χ1) is 9.36. The van der Waals surface area contributed by atoms with Gasteiger partial charge in [0.05, 0.1) is 12.2 Å². The largest absolute Gasteiger partial charge is 0.314 e. The van der Waals surface area contributed by atoms with Crippen molar-refractivity contribution in [2.45, 2.75) is 6.92 Å². The molecule has 2 heterocycles. The summed E-state index contributed by atoms with van der Waals surface area (Å²) in [5.41, 5.74) is 4.00. The van der Waals surface area contributed by atoms with Crippen molar-refractivity contribution >= 4 is 5.70 Å². The third-order valence-electron chi connectivity index (χ3n) is 3.76. The Morgan fingerprint density at radius 1 is 1.05 bits per heavy atom. The third-order valence-corrected chi connectivity index (χ3v) is 3.76. The molecular formula is C16H21N3. The van der Waals surface area contributed by atoms with Crippen LogP contribution in [0.1, 0.15) is 12.5 Å². The van der Waals surface area contributed by atoms with E-state index in [-0.39, 0.29) is 0 Å². The Morgan fingerprint density at radius 3 is 2.53 bits per heavy atom. The summed E-state index contributed by atoms with van der Waals surface area (Å²) in [7, 11) is 0. The number of hydrazine groups is 1. The minimum Gasteiger partial charge on any atom is -0.314 e. The van der Waals surface area contributed by atoms with Crippen LogP contribution in [-0.4, -0.2) is 42.7 Å². The highest BCUT2D eigenvalue weighted by Crippen LogP contribution is 2.28. The normalized spacial score (nSPS) is 21.0. The second kappa shape index (κ2) is 5.59. The Balaban J connectivity index is 1.93. The van der Waals surface area contributed by atoms with Crippen molar-refractivity contribution in [3.8, 4) is 0 Å². The number of hydrogen-bond acceptors (Lipinski definition) is 3. The van der Waals surface area contributed by atoms with Crippen LogP contribution in [0.3, 0.4) is 0 Å². The molecule has 0 amide bonds. The quantitative estimate of drug-likeness (QED) is 0.873. The van der Waals surface area contributed by atoms with Crippen LogP contribution < -0.4 is 5.32 Å². The number of piperazine rings is 1. The van der Waals surface area contributed by atoms with Crippen LogP contribution in [0.5, 0.6) is 0 Å². The summed E-state index contributed by atoms with van der Waals surface area (Å²) in [5.74, 6) is 0. The van der Waals surface area contributed by atoms with Gasteiger partial charge in [-0.2, -0.15) is 0 Å². The Morgan fingerprint density at radius 2 is 1.79 bits per heavy atom. The van der Waals surface area contributed by atoms with Gasteiger partial charge in [0.1, 0.15) is 0 Å². The highest BCUT2D eigenvalue weighted by atomic mass is 15.6. The highest BCUT2D eigenvalue weighted by Gasteiger charge is 2.23. The molecule has 2 aliphatic heterocycles. The molecule has 3 heteroatoms. The van der Waals surface area contributed by atoms with Gasteiger partial charge < -0.3 is 10.3 Å². The van der Waals surface area contributed by atoms with Gasteiger partial charge in [0.25, 0.3) is 0 Å². The molecule has 0 bridgehead atoms. The van der Waals surface area contributed by atoms with E-state index in [0.29, 0.717) is 0 Å². The summed E-state index contributed by atoms with van der Waals surface area (Å²) in [6, 6.07) is 10.7. The van der Waals surface area contributed by atoms with Crippen LogP contribution in [0.25, 0.3) is 5.70 Å². The van der Waals surface area contributed by atoms with Gasteiger partial charge in [-0.05, 0) is 18.1 Å². The summed E-state index contributed by atoms with van der Waals surface area (Å²) in [4.78, 5) is 0. The molecule has 1 aromatic rings. The molecule has 3 rings (SSSR count). The standard InChI is InChI=1S/C16H21N3/c1-14-6-5-11-19(18-12-9-17-10-13-18)16(14)15-7-3-2-4-8-15/h2-8,17H,9-13H2,1H3. The zero-order chi connectivity index (χ0) is 13.1. The second-order valence-corrected chi connectivity index (χ2v) is 5.09. The number of allylic oxidation sites excluding steroid dienone is 2. The molecule has 19 heavy (non-hydrogen) atoms. The molecular weight excluding hydrogens is 234 g/mol. The van der Waals surface area contributed by atoms with Gasteiger partial charge in [-0.1, -0.05) is 42.5 Å². The molecule has 100 valence electrons. The summed E-state index contributed by atoms with van der Waals surface area (Å²) < 4.78 is 0. The maximum atomic E-state index is 3.42. The van der Waals surface area contributed by atoms with E-state index in [4.69, 9.17) is 0 Å². The molecule has 0 aromatic heterocycles. The van der Waals surface area contributed by atoms with E-state index in [1.54, 1.807) is 0 Å². The fourth-order valence-corrected chi connectivity index (χ4v) is 2.83. The van der Waals surface area contributed by atoms with Crippen LogP contribution >= 0.6 is 0 Å². The van der Waals surface area contributed by atoms with Gasteiger partial charge in [-0.25, -0.2) is 5.01 Å². The van der Waals surface area contributed by atoms with Crippen molar-refractivity contribution in [2.75, 3.05) is 32.7 Å². The Bertz CT molecular complexity index is 484. The van der Waals surface area contributed by atoms with E-state index in [9.17, 15) is 0 Å². The summed E-state index contributed by atoms with van der Waals surface area (Å²) in [6.45, 7) is 7.48. The smallest absolute Gasteiger partial charge is 0.0627 e. The zero-order valence-corrected chi connectivity index (χ0v) is 11.5. The van der Waals surface area contributed by atoms with E-state index in [1.165, 1.54) is 16.8 Å². The van der Waals surface area contributed by atoms with Crippen LogP contribution in [0.15, 0.2) is 48.1 Å². The molecule has 1 N–H and O–H groups in total. The molecule has 0 atom stereocenters. The van der Waals surface area contributed by atoms with Crippen LogP contribution in [0.4, 0.5) is 0 Å². The Labute approximate surface area is 115 Å². The van der Waals surface area contributed by atoms with E-state index in [2.05, 4.69) is 64.7 Å². The average Bonchev–Trinajstić information content (AvgIpc) is 2.49. The lowest BCUT2D eigenvalue weighted by molar-refractivity contribution is 0.0303. The summed E-state index contributed by atoms with van der Waals surface area (Å²) in [6.07, 6.45) is 4.49. The highest BCUT2D eigenvalue weighted by molar-refractivity contribution is 5.70. The van der Waals surface area contributed by atoms with Crippen LogP contribution in [0, 0.1) is 0 Å².